The lowest BCUT2D eigenvalue weighted by Gasteiger charge is -2.25. The smallest absolute Gasteiger partial charge is 0.125 e. The van der Waals surface area contributed by atoms with E-state index in [0.29, 0.717) is 12.1 Å². The van der Waals surface area contributed by atoms with Crippen LogP contribution >= 0.6 is 0 Å². The Labute approximate surface area is 228 Å². The van der Waals surface area contributed by atoms with Crippen LogP contribution in [0, 0.1) is 27.7 Å². The van der Waals surface area contributed by atoms with Gasteiger partial charge in [-0.05, 0) is 104 Å². The molecule has 0 aliphatic carbocycles. The molecular formula is C33H54N2O2. The number of benzene rings is 2. The van der Waals surface area contributed by atoms with Gasteiger partial charge in [-0.15, -0.1) is 0 Å². The summed E-state index contributed by atoms with van der Waals surface area (Å²) in [5.41, 5.74) is 4.88. The van der Waals surface area contributed by atoms with E-state index in [1.807, 2.05) is 0 Å². The van der Waals surface area contributed by atoms with Crippen molar-refractivity contribution in [2.75, 3.05) is 40.4 Å². The molecule has 0 radical (unpaired) electrons. The van der Waals surface area contributed by atoms with Crippen molar-refractivity contribution in [3.8, 4) is 11.5 Å². The molecular weight excluding hydrogens is 456 g/mol. The number of nitrogens with zero attached hydrogens (tertiary/aromatic N) is 2. The Morgan fingerprint density at radius 2 is 0.838 bits per heavy atom. The molecule has 2 aromatic rings. The Balaban J connectivity index is 1.48. The standard InChI is InChI=1S/C33H54N2O2/c1-26-18-16-19-27(2)32(26)36-24-30(5)34(7)22-14-12-10-9-11-13-15-23-35(8)31(6)25-37-33-28(3)20-17-21-29(33)4/h16-21,30-31H,9-15,22-25H2,1-8H3. The Morgan fingerprint density at radius 1 is 0.541 bits per heavy atom. The highest BCUT2D eigenvalue weighted by molar-refractivity contribution is 5.40. The first kappa shape index (κ1) is 31.2. The van der Waals surface area contributed by atoms with Gasteiger partial charge in [-0.25, -0.2) is 0 Å². The fourth-order valence-corrected chi connectivity index (χ4v) is 4.76. The van der Waals surface area contributed by atoms with Crippen molar-refractivity contribution < 1.29 is 9.47 Å². The molecule has 2 rings (SSSR count). The molecule has 0 N–H and O–H groups in total. The number of unbranched alkanes of at least 4 members (excludes halogenated alkanes) is 6. The summed E-state index contributed by atoms with van der Waals surface area (Å²) in [4.78, 5) is 4.88. The van der Waals surface area contributed by atoms with Crippen LogP contribution in [0.5, 0.6) is 11.5 Å². The van der Waals surface area contributed by atoms with Crippen molar-refractivity contribution in [3.63, 3.8) is 0 Å². The first-order valence-electron chi connectivity index (χ1n) is 14.5. The molecule has 0 heterocycles. The van der Waals surface area contributed by atoms with Crippen LogP contribution in [0.4, 0.5) is 0 Å². The van der Waals surface area contributed by atoms with E-state index in [2.05, 4.69) is 102 Å². The van der Waals surface area contributed by atoms with Crippen LogP contribution in [0.3, 0.4) is 0 Å². The Morgan fingerprint density at radius 3 is 1.16 bits per heavy atom. The molecule has 0 saturated heterocycles. The SMILES string of the molecule is Cc1cccc(C)c1OCC(C)N(C)CCCCCCCCCN(C)C(C)COc1c(C)cccc1C. The number of ether oxygens (including phenoxy) is 2. The number of para-hydroxylation sites is 2. The zero-order valence-electron chi connectivity index (χ0n) is 25.1. The summed E-state index contributed by atoms with van der Waals surface area (Å²) < 4.78 is 12.3. The zero-order valence-corrected chi connectivity index (χ0v) is 25.1. The monoisotopic (exact) mass is 510 g/mol. The van der Waals surface area contributed by atoms with Gasteiger partial charge in [0.25, 0.3) is 0 Å². The molecule has 2 unspecified atom stereocenters. The minimum atomic E-state index is 0.421. The topological polar surface area (TPSA) is 24.9 Å². The molecule has 2 atom stereocenters. The highest BCUT2D eigenvalue weighted by Crippen LogP contribution is 2.23. The highest BCUT2D eigenvalue weighted by Gasteiger charge is 2.13. The molecule has 0 bridgehead atoms. The molecule has 4 heteroatoms. The summed E-state index contributed by atoms with van der Waals surface area (Å²) in [6, 6.07) is 13.5. The third-order valence-electron chi connectivity index (χ3n) is 7.78. The van der Waals surface area contributed by atoms with Crippen LogP contribution in [0.15, 0.2) is 36.4 Å². The van der Waals surface area contributed by atoms with E-state index in [1.165, 1.54) is 67.2 Å². The molecule has 4 nitrogen and oxygen atoms in total. The van der Waals surface area contributed by atoms with Gasteiger partial charge in [0, 0.05) is 12.1 Å². The van der Waals surface area contributed by atoms with Gasteiger partial charge in [0.15, 0.2) is 0 Å². The maximum atomic E-state index is 6.16. The molecule has 0 aliphatic rings. The molecule has 0 fully saturated rings. The minimum Gasteiger partial charge on any atom is -0.491 e. The number of hydrogen-bond donors (Lipinski definition) is 0. The molecule has 208 valence electrons. The Hall–Kier alpha value is -2.04. The van der Waals surface area contributed by atoms with Crippen LogP contribution in [0.2, 0.25) is 0 Å². The summed E-state index contributed by atoms with van der Waals surface area (Å²) in [6.07, 6.45) is 9.22. The van der Waals surface area contributed by atoms with Gasteiger partial charge in [-0.1, -0.05) is 68.5 Å². The van der Waals surface area contributed by atoms with Gasteiger partial charge >= 0.3 is 0 Å². The van der Waals surface area contributed by atoms with Crippen molar-refractivity contribution in [2.24, 2.45) is 0 Å². The van der Waals surface area contributed by atoms with Crippen molar-refractivity contribution >= 4 is 0 Å². The number of aryl methyl sites for hydroxylation is 4. The van der Waals surface area contributed by atoms with Crippen LogP contribution in [-0.4, -0.2) is 62.3 Å². The maximum Gasteiger partial charge on any atom is 0.125 e. The van der Waals surface area contributed by atoms with Crippen LogP contribution in [0.25, 0.3) is 0 Å². The minimum absolute atomic E-state index is 0.421. The molecule has 2 aromatic carbocycles. The molecule has 0 saturated carbocycles. The van der Waals surface area contributed by atoms with Gasteiger partial charge in [0.05, 0.1) is 0 Å². The van der Waals surface area contributed by atoms with Gasteiger partial charge in [0.2, 0.25) is 0 Å². The fourth-order valence-electron chi connectivity index (χ4n) is 4.76. The van der Waals surface area contributed by atoms with Crippen molar-refractivity contribution in [3.05, 3.63) is 58.7 Å². The summed E-state index contributed by atoms with van der Waals surface area (Å²) in [5.74, 6) is 2.10. The number of hydrogen-bond acceptors (Lipinski definition) is 4. The third kappa shape index (κ3) is 11.1. The first-order chi connectivity index (χ1) is 17.7. The van der Waals surface area contributed by atoms with Crippen LogP contribution in [-0.2, 0) is 0 Å². The summed E-state index contributed by atoms with van der Waals surface area (Å²) in [6.45, 7) is 16.8. The third-order valence-corrected chi connectivity index (χ3v) is 7.78. The molecule has 37 heavy (non-hydrogen) atoms. The van der Waals surface area contributed by atoms with Crippen molar-refractivity contribution in [1.82, 2.24) is 9.80 Å². The second-order valence-electron chi connectivity index (χ2n) is 11.2. The summed E-state index contributed by atoms with van der Waals surface area (Å²) >= 11 is 0. The zero-order chi connectivity index (χ0) is 27.2. The normalized spacial score (nSPS) is 13.2. The van der Waals surface area contributed by atoms with E-state index in [9.17, 15) is 0 Å². The number of rotatable bonds is 18. The molecule has 0 aliphatic heterocycles. The van der Waals surface area contributed by atoms with Crippen LogP contribution in [0.1, 0.15) is 81.0 Å². The molecule has 0 aromatic heterocycles. The van der Waals surface area contributed by atoms with Crippen LogP contribution < -0.4 is 9.47 Å². The van der Waals surface area contributed by atoms with E-state index in [0.717, 1.165) is 37.8 Å². The van der Waals surface area contributed by atoms with E-state index in [4.69, 9.17) is 9.47 Å². The first-order valence-corrected chi connectivity index (χ1v) is 14.5. The predicted octanol–water partition coefficient (Wildman–Crippen LogP) is 7.75. The quantitative estimate of drug-likeness (QED) is 0.191. The lowest BCUT2D eigenvalue weighted by Crippen LogP contribution is -2.35. The van der Waals surface area contributed by atoms with Gasteiger partial charge in [-0.2, -0.15) is 0 Å². The Kier molecular flexibility index (Phi) is 14.1. The second kappa shape index (κ2) is 16.7. The van der Waals surface area contributed by atoms with Gasteiger partial charge in [-0.3, -0.25) is 0 Å². The van der Waals surface area contributed by atoms with Crippen molar-refractivity contribution in [1.29, 1.82) is 0 Å². The average molecular weight is 511 g/mol. The molecule has 0 amide bonds. The Bertz CT molecular complexity index is 799. The highest BCUT2D eigenvalue weighted by atomic mass is 16.5. The molecule has 0 spiro atoms. The summed E-state index contributed by atoms with van der Waals surface area (Å²) in [5, 5.41) is 0. The lowest BCUT2D eigenvalue weighted by molar-refractivity contribution is 0.169. The van der Waals surface area contributed by atoms with Gasteiger partial charge < -0.3 is 19.3 Å². The largest absolute Gasteiger partial charge is 0.491 e. The van der Waals surface area contributed by atoms with E-state index in [-0.39, 0.29) is 0 Å². The summed E-state index contributed by atoms with van der Waals surface area (Å²) in [7, 11) is 4.45. The maximum absolute atomic E-state index is 6.16. The van der Waals surface area contributed by atoms with E-state index < -0.39 is 0 Å². The van der Waals surface area contributed by atoms with Crippen molar-refractivity contribution in [2.45, 2.75) is 98.6 Å². The van der Waals surface area contributed by atoms with E-state index >= 15 is 0 Å². The van der Waals surface area contributed by atoms with E-state index in [1.54, 1.807) is 0 Å². The number of likely N-dealkylation sites (N-methyl/N-ethyl adjacent to an activating group) is 2. The predicted molar refractivity (Wildman–Crippen MR) is 159 cm³/mol. The second-order valence-corrected chi connectivity index (χ2v) is 11.2. The average Bonchev–Trinajstić information content (AvgIpc) is 2.86. The lowest BCUT2D eigenvalue weighted by atomic mass is 10.1. The fraction of sp³-hybridized carbons (Fsp3) is 0.636. The van der Waals surface area contributed by atoms with Gasteiger partial charge in [0.1, 0.15) is 24.7 Å².